The molecule has 0 spiro atoms. The van der Waals surface area contributed by atoms with Crippen LogP contribution in [-0.2, 0) is 6.54 Å². The maximum absolute atomic E-state index is 13.1. The van der Waals surface area contributed by atoms with Gasteiger partial charge in [-0.3, -0.25) is 0 Å². The topological polar surface area (TPSA) is 29.9 Å². The summed E-state index contributed by atoms with van der Waals surface area (Å²) in [5.74, 6) is -0.228. The lowest BCUT2D eigenvalue weighted by Crippen LogP contribution is -2.32. The summed E-state index contributed by atoms with van der Waals surface area (Å²) in [6, 6.07) is 5.23. The van der Waals surface area contributed by atoms with Gasteiger partial charge in [-0.25, -0.2) is 9.37 Å². The Labute approximate surface area is 121 Å². The van der Waals surface area contributed by atoms with Crippen molar-refractivity contribution in [2.45, 2.75) is 32.5 Å². The van der Waals surface area contributed by atoms with E-state index in [1.807, 2.05) is 10.8 Å². The molecule has 2 atom stereocenters. The van der Waals surface area contributed by atoms with E-state index in [0.29, 0.717) is 6.04 Å². The summed E-state index contributed by atoms with van der Waals surface area (Å²) in [5, 5.41) is 3.49. The molecule has 0 aliphatic rings. The minimum Gasteiger partial charge on any atom is -0.336 e. The van der Waals surface area contributed by atoms with E-state index in [1.165, 1.54) is 12.1 Å². The molecule has 1 aromatic heterocycles. The highest BCUT2D eigenvalue weighted by atomic mass is 79.9. The van der Waals surface area contributed by atoms with Crippen LogP contribution in [0.1, 0.15) is 25.5 Å². The minimum atomic E-state index is -0.228. The average molecular weight is 326 g/mol. The third-order valence-electron chi connectivity index (χ3n) is 3.01. The number of halogens is 2. The second-order valence-electron chi connectivity index (χ2n) is 4.71. The molecular weight excluding hydrogens is 309 g/mol. The Morgan fingerprint density at radius 1 is 1.42 bits per heavy atom. The van der Waals surface area contributed by atoms with E-state index in [4.69, 9.17) is 0 Å². The summed E-state index contributed by atoms with van der Waals surface area (Å²) in [4.78, 5) is 4.02. The normalized spacial score (nSPS) is 14.3. The Balaban J connectivity index is 1.98. The number of benzene rings is 1. The van der Waals surface area contributed by atoms with Crippen molar-refractivity contribution < 1.29 is 4.39 Å². The van der Waals surface area contributed by atoms with Gasteiger partial charge in [0.1, 0.15) is 5.82 Å². The van der Waals surface area contributed by atoms with Crippen molar-refractivity contribution >= 4 is 15.9 Å². The lowest BCUT2D eigenvalue weighted by atomic mass is 10.1. The summed E-state index contributed by atoms with van der Waals surface area (Å²) < 4.78 is 15.9. The zero-order valence-electron chi connectivity index (χ0n) is 11.0. The summed E-state index contributed by atoms with van der Waals surface area (Å²) >= 11 is 3.40. The van der Waals surface area contributed by atoms with E-state index in [0.717, 1.165) is 16.6 Å². The quantitative estimate of drug-likeness (QED) is 0.911. The maximum Gasteiger partial charge on any atom is 0.124 e. The number of aromatic nitrogens is 2. The zero-order chi connectivity index (χ0) is 13.8. The third kappa shape index (κ3) is 3.88. The van der Waals surface area contributed by atoms with Crippen LogP contribution in [0.15, 0.2) is 41.4 Å². The predicted molar refractivity (Wildman–Crippen MR) is 77.3 cm³/mol. The molecule has 1 aromatic carbocycles. The van der Waals surface area contributed by atoms with E-state index in [-0.39, 0.29) is 11.9 Å². The predicted octanol–water partition coefficient (Wildman–Crippen LogP) is 3.52. The SMILES string of the molecule is CC(Cn1ccnc1)NC(C)c1ccc(F)cc1Br. The van der Waals surface area contributed by atoms with Crippen molar-refractivity contribution in [1.29, 1.82) is 0 Å². The van der Waals surface area contributed by atoms with Gasteiger partial charge in [0.2, 0.25) is 0 Å². The van der Waals surface area contributed by atoms with Crippen LogP contribution in [0.2, 0.25) is 0 Å². The molecule has 0 radical (unpaired) electrons. The van der Waals surface area contributed by atoms with Crippen LogP contribution in [0.25, 0.3) is 0 Å². The molecule has 1 N–H and O–H groups in total. The molecule has 1 heterocycles. The van der Waals surface area contributed by atoms with Gasteiger partial charge in [0.05, 0.1) is 6.33 Å². The Bertz CT molecular complexity index is 527. The largest absolute Gasteiger partial charge is 0.336 e. The first kappa shape index (κ1) is 14.2. The van der Waals surface area contributed by atoms with Gasteiger partial charge < -0.3 is 9.88 Å². The van der Waals surface area contributed by atoms with Crippen molar-refractivity contribution in [3.8, 4) is 0 Å². The van der Waals surface area contributed by atoms with Crippen LogP contribution >= 0.6 is 15.9 Å². The lowest BCUT2D eigenvalue weighted by Gasteiger charge is -2.21. The second-order valence-corrected chi connectivity index (χ2v) is 5.57. The van der Waals surface area contributed by atoms with Crippen molar-refractivity contribution in [3.63, 3.8) is 0 Å². The van der Waals surface area contributed by atoms with Crippen LogP contribution in [-0.4, -0.2) is 15.6 Å². The number of imidazole rings is 1. The van der Waals surface area contributed by atoms with Crippen molar-refractivity contribution in [3.05, 3.63) is 52.8 Å². The molecule has 102 valence electrons. The van der Waals surface area contributed by atoms with Crippen LogP contribution in [0.5, 0.6) is 0 Å². The molecule has 0 saturated carbocycles. The zero-order valence-corrected chi connectivity index (χ0v) is 12.6. The molecule has 3 nitrogen and oxygen atoms in total. The third-order valence-corrected chi connectivity index (χ3v) is 3.69. The number of nitrogens with one attached hydrogen (secondary N) is 1. The molecule has 0 aliphatic carbocycles. The Morgan fingerprint density at radius 3 is 2.84 bits per heavy atom. The first-order valence-electron chi connectivity index (χ1n) is 6.23. The number of nitrogens with zero attached hydrogens (tertiary/aromatic N) is 2. The number of hydrogen-bond donors (Lipinski definition) is 1. The first-order valence-corrected chi connectivity index (χ1v) is 7.02. The monoisotopic (exact) mass is 325 g/mol. The van der Waals surface area contributed by atoms with Gasteiger partial charge in [0.25, 0.3) is 0 Å². The summed E-state index contributed by atoms with van der Waals surface area (Å²) in [7, 11) is 0. The van der Waals surface area contributed by atoms with E-state index in [9.17, 15) is 4.39 Å². The fourth-order valence-corrected chi connectivity index (χ4v) is 2.83. The highest BCUT2D eigenvalue weighted by Gasteiger charge is 2.13. The van der Waals surface area contributed by atoms with Crippen LogP contribution in [0.3, 0.4) is 0 Å². The molecule has 5 heteroatoms. The van der Waals surface area contributed by atoms with Gasteiger partial charge in [-0.2, -0.15) is 0 Å². The van der Waals surface area contributed by atoms with Crippen LogP contribution in [0, 0.1) is 5.82 Å². The van der Waals surface area contributed by atoms with Gasteiger partial charge in [-0.1, -0.05) is 22.0 Å². The summed E-state index contributed by atoms with van der Waals surface area (Å²) in [5.41, 5.74) is 1.05. The smallest absolute Gasteiger partial charge is 0.124 e. The Hall–Kier alpha value is -1.20. The van der Waals surface area contributed by atoms with Gasteiger partial charge in [0, 0.05) is 35.5 Å². The Kier molecular flexibility index (Phi) is 4.71. The van der Waals surface area contributed by atoms with E-state index < -0.39 is 0 Å². The standard InChI is InChI=1S/C14H17BrFN3/c1-10(8-19-6-5-17-9-19)18-11(2)13-4-3-12(16)7-14(13)15/h3-7,9-11,18H,8H2,1-2H3. The molecule has 0 aliphatic heterocycles. The highest BCUT2D eigenvalue weighted by Crippen LogP contribution is 2.24. The van der Waals surface area contributed by atoms with Gasteiger partial charge in [-0.15, -0.1) is 0 Å². The average Bonchev–Trinajstić information content (AvgIpc) is 2.81. The van der Waals surface area contributed by atoms with Crippen molar-refractivity contribution in [2.24, 2.45) is 0 Å². The lowest BCUT2D eigenvalue weighted by molar-refractivity contribution is 0.429. The van der Waals surface area contributed by atoms with Gasteiger partial charge in [0.15, 0.2) is 0 Å². The fraction of sp³-hybridized carbons (Fsp3) is 0.357. The van der Waals surface area contributed by atoms with Crippen LogP contribution in [0.4, 0.5) is 4.39 Å². The molecule has 19 heavy (non-hydrogen) atoms. The van der Waals surface area contributed by atoms with Crippen molar-refractivity contribution in [2.75, 3.05) is 0 Å². The summed E-state index contributed by atoms with van der Waals surface area (Å²) in [6.07, 6.45) is 5.51. The molecule has 0 saturated heterocycles. The van der Waals surface area contributed by atoms with E-state index >= 15 is 0 Å². The molecule has 2 rings (SSSR count). The maximum atomic E-state index is 13.1. The summed E-state index contributed by atoms with van der Waals surface area (Å²) in [6.45, 7) is 5.04. The fourth-order valence-electron chi connectivity index (χ4n) is 2.13. The number of hydrogen-bond acceptors (Lipinski definition) is 2. The molecule has 2 aromatic rings. The molecular formula is C14H17BrFN3. The van der Waals surface area contributed by atoms with E-state index in [2.05, 4.69) is 40.1 Å². The van der Waals surface area contributed by atoms with Crippen LogP contribution < -0.4 is 5.32 Å². The van der Waals surface area contributed by atoms with Gasteiger partial charge in [-0.05, 0) is 31.5 Å². The minimum absolute atomic E-state index is 0.147. The van der Waals surface area contributed by atoms with E-state index in [1.54, 1.807) is 18.6 Å². The Morgan fingerprint density at radius 2 is 2.21 bits per heavy atom. The molecule has 0 bridgehead atoms. The number of rotatable bonds is 5. The van der Waals surface area contributed by atoms with Gasteiger partial charge >= 0.3 is 0 Å². The first-order chi connectivity index (χ1) is 9.06. The molecule has 0 fully saturated rings. The molecule has 2 unspecified atom stereocenters. The molecule has 0 amide bonds. The van der Waals surface area contributed by atoms with Crippen molar-refractivity contribution in [1.82, 2.24) is 14.9 Å². The second kappa shape index (κ2) is 6.30. The highest BCUT2D eigenvalue weighted by molar-refractivity contribution is 9.10.